The lowest BCUT2D eigenvalue weighted by molar-refractivity contribution is -0.132. The number of aliphatic hydroxyl groups is 1. The number of ether oxygens (including phenoxy) is 1. The first-order valence-corrected chi connectivity index (χ1v) is 11.0. The Balaban J connectivity index is 1.96. The number of hydrogen-bond donors (Lipinski definition) is 1. The molecule has 4 rings (SSSR count). The van der Waals surface area contributed by atoms with Crippen LogP contribution in [0.5, 0.6) is 5.75 Å². The lowest BCUT2D eigenvalue weighted by Gasteiger charge is -2.26. The van der Waals surface area contributed by atoms with Crippen LogP contribution >= 0.6 is 23.2 Å². The Hall–Kier alpha value is -3.55. The highest BCUT2D eigenvalue weighted by Crippen LogP contribution is 2.44. The Bertz CT molecular complexity index is 1290. The van der Waals surface area contributed by atoms with E-state index in [0.29, 0.717) is 11.3 Å². The average Bonchev–Trinajstić information content (AvgIpc) is 3.09. The molecule has 1 amide bonds. The number of halogens is 2. The van der Waals surface area contributed by atoms with Crippen molar-refractivity contribution >= 4 is 52.0 Å². The summed E-state index contributed by atoms with van der Waals surface area (Å²) in [4.78, 5) is 34.0. The molecule has 1 aliphatic rings. The van der Waals surface area contributed by atoms with Gasteiger partial charge in [0.15, 0.2) is 0 Å². The minimum absolute atomic E-state index is 0.106. The van der Waals surface area contributed by atoms with E-state index in [4.69, 9.17) is 27.9 Å². The van der Waals surface area contributed by atoms with Crippen molar-refractivity contribution in [3.05, 3.63) is 87.7 Å². The van der Waals surface area contributed by atoms with E-state index in [1.54, 1.807) is 36.7 Å². The average molecular weight is 498 g/mol. The lowest BCUT2D eigenvalue weighted by Crippen LogP contribution is -2.29. The zero-order valence-electron chi connectivity index (χ0n) is 18.6. The molecule has 0 radical (unpaired) electrons. The Labute approximate surface area is 206 Å². The molecule has 2 heterocycles. The van der Waals surface area contributed by atoms with Crippen LogP contribution in [0.25, 0.3) is 5.76 Å². The summed E-state index contributed by atoms with van der Waals surface area (Å²) in [5.74, 6) is -1.93. The van der Waals surface area contributed by atoms with E-state index in [9.17, 15) is 14.7 Å². The van der Waals surface area contributed by atoms with E-state index in [1.165, 1.54) is 24.1 Å². The van der Waals surface area contributed by atoms with Gasteiger partial charge < -0.3 is 14.7 Å². The minimum atomic E-state index is -0.929. The molecule has 1 unspecified atom stereocenters. The second-order valence-corrected chi connectivity index (χ2v) is 8.68. The van der Waals surface area contributed by atoms with E-state index in [2.05, 4.69) is 4.98 Å². The molecular formula is C25H21Cl2N3O4. The number of rotatable bonds is 5. The third kappa shape index (κ3) is 4.08. The molecule has 1 N–H and O–H groups in total. The molecule has 9 heteroatoms. The number of ketones is 1. The van der Waals surface area contributed by atoms with Crippen LogP contribution in [0.1, 0.15) is 17.2 Å². The lowest BCUT2D eigenvalue weighted by atomic mass is 9.95. The van der Waals surface area contributed by atoms with Crippen LogP contribution < -0.4 is 14.5 Å². The van der Waals surface area contributed by atoms with Crippen LogP contribution in [0, 0.1) is 0 Å². The van der Waals surface area contributed by atoms with Crippen molar-refractivity contribution in [2.45, 2.75) is 6.04 Å². The largest absolute Gasteiger partial charge is 0.507 e. The zero-order valence-corrected chi connectivity index (χ0v) is 20.1. The highest BCUT2D eigenvalue weighted by Gasteiger charge is 2.47. The van der Waals surface area contributed by atoms with Crippen molar-refractivity contribution in [3.8, 4) is 5.75 Å². The van der Waals surface area contributed by atoms with Gasteiger partial charge in [0.25, 0.3) is 11.7 Å². The predicted molar refractivity (Wildman–Crippen MR) is 133 cm³/mol. The molecule has 1 fully saturated rings. The number of aliphatic hydroxyl groups excluding tert-OH is 1. The van der Waals surface area contributed by atoms with Crippen LogP contribution in [-0.2, 0) is 9.59 Å². The van der Waals surface area contributed by atoms with E-state index in [0.717, 1.165) is 5.69 Å². The van der Waals surface area contributed by atoms with Gasteiger partial charge in [-0.15, -0.1) is 0 Å². The van der Waals surface area contributed by atoms with Gasteiger partial charge in [0.1, 0.15) is 11.5 Å². The van der Waals surface area contributed by atoms with Crippen molar-refractivity contribution in [2.24, 2.45) is 0 Å². The fraction of sp³-hybridized carbons (Fsp3) is 0.160. The van der Waals surface area contributed by atoms with Crippen LogP contribution in [0.2, 0.25) is 10.0 Å². The topological polar surface area (TPSA) is 83.0 Å². The molecule has 1 atom stereocenters. The quantitative estimate of drug-likeness (QED) is 0.300. The number of Topliss-reactive ketones (excluding diaryl/α,β-unsaturated/α-hetero) is 1. The molecule has 1 aromatic heterocycles. The molecule has 1 saturated heterocycles. The smallest absolute Gasteiger partial charge is 0.300 e. The number of nitrogens with zero attached hydrogens (tertiary/aromatic N) is 3. The number of anilines is 2. The Kier molecular flexibility index (Phi) is 6.50. The standard InChI is InChI=1S/C25H21Cl2N3O4/c1-29(2)16-6-8-17(9-7-16)30-21(14-5-4-10-28-13-14)20(23(32)25(30)33)22(31)18-11-15(26)12-19(27)24(18)34-3/h4-13,21,31H,1-3H3/b22-20+. The fourth-order valence-electron chi connectivity index (χ4n) is 3.95. The number of hydrogen-bond acceptors (Lipinski definition) is 6. The maximum Gasteiger partial charge on any atom is 0.300 e. The zero-order chi connectivity index (χ0) is 24.6. The van der Waals surface area contributed by atoms with Gasteiger partial charge in [-0.25, -0.2) is 0 Å². The van der Waals surface area contributed by atoms with Crippen molar-refractivity contribution in [3.63, 3.8) is 0 Å². The summed E-state index contributed by atoms with van der Waals surface area (Å²) in [5.41, 5.74) is 1.96. The monoisotopic (exact) mass is 497 g/mol. The van der Waals surface area contributed by atoms with Gasteiger partial charge in [-0.05, 0) is 48.0 Å². The number of benzene rings is 2. The number of amides is 1. The van der Waals surface area contributed by atoms with Gasteiger partial charge in [0, 0.05) is 42.9 Å². The predicted octanol–water partition coefficient (Wildman–Crippen LogP) is 5.09. The number of methoxy groups -OCH3 is 1. The van der Waals surface area contributed by atoms with Gasteiger partial charge in [-0.3, -0.25) is 19.5 Å². The maximum atomic E-state index is 13.3. The Morgan fingerprint density at radius 3 is 2.41 bits per heavy atom. The number of aromatic nitrogens is 1. The van der Waals surface area contributed by atoms with Crippen LogP contribution in [-0.4, -0.2) is 43.0 Å². The molecule has 2 aromatic carbocycles. The minimum Gasteiger partial charge on any atom is -0.507 e. The van der Waals surface area contributed by atoms with Gasteiger partial charge in [0.05, 0.1) is 29.3 Å². The summed E-state index contributed by atoms with van der Waals surface area (Å²) in [7, 11) is 5.19. The summed E-state index contributed by atoms with van der Waals surface area (Å²) in [6.07, 6.45) is 3.13. The molecule has 34 heavy (non-hydrogen) atoms. The summed E-state index contributed by atoms with van der Waals surface area (Å²) < 4.78 is 5.35. The molecule has 174 valence electrons. The van der Waals surface area contributed by atoms with E-state index >= 15 is 0 Å². The molecular weight excluding hydrogens is 477 g/mol. The van der Waals surface area contributed by atoms with Crippen LogP contribution in [0.15, 0.2) is 66.5 Å². The van der Waals surface area contributed by atoms with E-state index in [1.807, 2.05) is 31.1 Å². The number of carbonyl (C=O) groups is 2. The first-order valence-electron chi connectivity index (χ1n) is 10.3. The Morgan fingerprint density at radius 2 is 1.82 bits per heavy atom. The fourth-order valence-corrected chi connectivity index (χ4v) is 4.52. The normalized spacial score (nSPS) is 17.2. The molecule has 0 spiro atoms. The summed E-state index contributed by atoms with van der Waals surface area (Å²) >= 11 is 12.4. The first-order chi connectivity index (χ1) is 16.2. The van der Waals surface area contributed by atoms with Crippen molar-refractivity contribution in [1.82, 2.24) is 4.98 Å². The second kappa shape index (κ2) is 9.37. The molecule has 0 aliphatic carbocycles. The van der Waals surface area contributed by atoms with Crippen LogP contribution in [0.4, 0.5) is 11.4 Å². The summed E-state index contributed by atoms with van der Waals surface area (Å²) in [5, 5.41) is 11.7. The van der Waals surface area contributed by atoms with Crippen LogP contribution in [0.3, 0.4) is 0 Å². The van der Waals surface area contributed by atoms with Crippen molar-refractivity contribution in [1.29, 1.82) is 0 Å². The molecule has 0 bridgehead atoms. The second-order valence-electron chi connectivity index (χ2n) is 7.83. The van der Waals surface area contributed by atoms with Gasteiger partial charge in [0.2, 0.25) is 0 Å². The first kappa shape index (κ1) is 23.6. The van der Waals surface area contributed by atoms with Gasteiger partial charge >= 0.3 is 0 Å². The highest BCUT2D eigenvalue weighted by molar-refractivity contribution is 6.52. The molecule has 7 nitrogen and oxygen atoms in total. The molecule has 1 aliphatic heterocycles. The summed E-state index contributed by atoms with van der Waals surface area (Å²) in [6, 6.07) is 12.6. The van der Waals surface area contributed by atoms with E-state index in [-0.39, 0.29) is 26.9 Å². The van der Waals surface area contributed by atoms with E-state index < -0.39 is 23.5 Å². The SMILES string of the molecule is COc1c(Cl)cc(Cl)cc1/C(O)=C1\C(=O)C(=O)N(c2ccc(N(C)C)cc2)C1c1cccnc1. The molecule has 3 aromatic rings. The maximum absolute atomic E-state index is 13.3. The van der Waals surface area contributed by atoms with Crippen molar-refractivity contribution in [2.75, 3.05) is 31.0 Å². The Morgan fingerprint density at radius 1 is 1.12 bits per heavy atom. The highest BCUT2D eigenvalue weighted by atomic mass is 35.5. The van der Waals surface area contributed by atoms with Gasteiger partial charge in [-0.2, -0.15) is 0 Å². The van der Waals surface area contributed by atoms with Crippen molar-refractivity contribution < 1.29 is 19.4 Å². The number of carbonyl (C=O) groups excluding carboxylic acids is 2. The number of pyridine rings is 1. The third-order valence-corrected chi connectivity index (χ3v) is 6.06. The van der Waals surface area contributed by atoms with Gasteiger partial charge in [-0.1, -0.05) is 29.3 Å². The summed E-state index contributed by atoms with van der Waals surface area (Å²) in [6.45, 7) is 0. The third-order valence-electron chi connectivity index (χ3n) is 5.56. The molecule has 0 saturated carbocycles.